The lowest BCUT2D eigenvalue weighted by molar-refractivity contribution is 0.252. The van der Waals surface area contributed by atoms with Crippen LogP contribution in [0.2, 0.25) is 5.02 Å². The first-order valence-corrected chi connectivity index (χ1v) is 7.79. The molecule has 1 rings (SSSR count). The normalized spacial score (nSPS) is 11.0. The van der Waals surface area contributed by atoms with Crippen LogP contribution in [0.15, 0.2) is 24.3 Å². The van der Waals surface area contributed by atoms with E-state index in [0.29, 0.717) is 23.7 Å². The Bertz CT molecular complexity index is 500. The van der Waals surface area contributed by atoms with Gasteiger partial charge in [-0.05, 0) is 30.7 Å². The molecule has 0 heterocycles. The molecule has 2 amide bonds. The van der Waals surface area contributed by atoms with Crippen LogP contribution in [-0.2, 0) is 9.84 Å². The lowest BCUT2D eigenvalue weighted by Gasteiger charge is -2.07. The zero-order valence-corrected chi connectivity index (χ0v) is 11.5. The van der Waals surface area contributed by atoms with Crippen molar-refractivity contribution in [2.45, 2.75) is 6.42 Å². The highest BCUT2D eigenvalue weighted by Gasteiger charge is 2.03. The van der Waals surface area contributed by atoms with Crippen molar-refractivity contribution in [1.29, 1.82) is 0 Å². The summed E-state index contributed by atoms with van der Waals surface area (Å²) in [5, 5.41) is 5.77. The third-order valence-electron chi connectivity index (χ3n) is 2.08. The number of hydrogen-bond acceptors (Lipinski definition) is 3. The number of urea groups is 1. The number of sulfone groups is 1. The molecule has 0 saturated heterocycles. The van der Waals surface area contributed by atoms with Crippen molar-refractivity contribution >= 4 is 33.2 Å². The van der Waals surface area contributed by atoms with Gasteiger partial charge in [-0.1, -0.05) is 11.6 Å². The first-order chi connectivity index (χ1) is 8.37. The molecule has 0 fully saturated rings. The second-order valence-electron chi connectivity index (χ2n) is 3.87. The van der Waals surface area contributed by atoms with Crippen LogP contribution in [0.25, 0.3) is 0 Å². The largest absolute Gasteiger partial charge is 0.338 e. The van der Waals surface area contributed by atoms with Gasteiger partial charge in [-0.15, -0.1) is 0 Å². The minimum atomic E-state index is -2.97. The second kappa shape index (κ2) is 6.61. The van der Waals surface area contributed by atoms with E-state index in [0.717, 1.165) is 0 Å². The number of rotatable bonds is 5. The van der Waals surface area contributed by atoms with E-state index in [4.69, 9.17) is 11.6 Å². The first-order valence-electron chi connectivity index (χ1n) is 5.35. The lowest BCUT2D eigenvalue weighted by atomic mass is 10.3. The van der Waals surface area contributed by atoms with Gasteiger partial charge in [-0.25, -0.2) is 13.2 Å². The van der Waals surface area contributed by atoms with Crippen LogP contribution < -0.4 is 10.6 Å². The van der Waals surface area contributed by atoms with E-state index >= 15 is 0 Å². The summed E-state index contributed by atoms with van der Waals surface area (Å²) in [5.41, 5.74) is 0.625. The monoisotopic (exact) mass is 290 g/mol. The molecule has 0 aromatic heterocycles. The average Bonchev–Trinajstić information content (AvgIpc) is 2.26. The van der Waals surface area contributed by atoms with E-state index in [2.05, 4.69) is 10.6 Å². The predicted molar refractivity (Wildman–Crippen MR) is 72.8 cm³/mol. The maximum absolute atomic E-state index is 11.4. The molecule has 18 heavy (non-hydrogen) atoms. The number of halogens is 1. The van der Waals surface area contributed by atoms with Gasteiger partial charge in [0.25, 0.3) is 0 Å². The summed E-state index contributed by atoms with van der Waals surface area (Å²) in [7, 11) is -2.97. The molecule has 0 spiro atoms. The van der Waals surface area contributed by atoms with E-state index in [1.165, 1.54) is 6.26 Å². The molecule has 0 aliphatic heterocycles. The van der Waals surface area contributed by atoms with Crippen LogP contribution in [0.5, 0.6) is 0 Å². The van der Waals surface area contributed by atoms with Crippen molar-refractivity contribution in [1.82, 2.24) is 5.32 Å². The molecule has 1 aromatic rings. The second-order valence-corrected chi connectivity index (χ2v) is 6.57. The molecule has 0 unspecified atom stereocenters. The SMILES string of the molecule is CS(=O)(=O)CCCNC(=O)Nc1ccc(Cl)cc1. The van der Waals surface area contributed by atoms with Crippen LogP contribution in [0.1, 0.15) is 6.42 Å². The topological polar surface area (TPSA) is 75.3 Å². The van der Waals surface area contributed by atoms with Gasteiger partial charge in [0.2, 0.25) is 0 Å². The van der Waals surface area contributed by atoms with Gasteiger partial charge in [0.1, 0.15) is 9.84 Å². The minimum Gasteiger partial charge on any atom is -0.338 e. The van der Waals surface area contributed by atoms with Gasteiger partial charge in [-0.2, -0.15) is 0 Å². The summed E-state index contributed by atoms with van der Waals surface area (Å²) in [6.45, 7) is 0.312. The minimum absolute atomic E-state index is 0.0637. The highest BCUT2D eigenvalue weighted by molar-refractivity contribution is 7.90. The van der Waals surface area contributed by atoms with Gasteiger partial charge >= 0.3 is 6.03 Å². The molecule has 0 atom stereocenters. The maximum Gasteiger partial charge on any atom is 0.319 e. The first kappa shape index (κ1) is 14.8. The third-order valence-corrected chi connectivity index (χ3v) is 3.36. The van der Waals surface area contributed by atoms with Gasteiger partial charge in [0.15, 0.2) is 0 Å². The highest BCUT2D eigenvalue weighted by atomic mass is 35.5. The van der Waals surface area contributed by atoms with Crippen LogP contribution in [-0.4, -0.2) is 33.0 Å². The smallest absolute Gasteiger partial charge is 0.319 e. The number of carbonyl (C=O) groups excluding carboxylic acids is 1. The number of benzene rings is 1. The van der Waals surface area contributed by atoms with E-state index < -0.39 is 9.84 Å². The molecular weight excluding hydrogens is 276 g/mol. The fourth-order valence-electron chi connectivity index (χ4n) is 1.24. The third kappa shape index (κ3) is 6.46. The molecule has 0 bridgehead atoms. The Morgan fingerprint density at radius 1 is 1.28 bits per heavy atom. The molecule has 5 nitrogen and oxygen atoms in total. The van der Waals surface area contributed by atoms with Gasteiger partial charge in [0.05, 0.1) is 5.75 Å². The van der Waals surface area contributed by atoms with Crippen molar-refractivity contribution in [3.63, 3.8) is 0 Å². The van der Waals surface area contributed by atoms with Gasteiger partial charge in [0, 0.05) is 23.5 Å². The Morgan fingerprint density at radius 2 is 1.89 bits per heavy atom. The Labute approximate surface area is 111 Å². The Hall–Kier alpha value is -1.27. The molecule has 1 aromatic carbocycles. The Balaban J connectivity index is 2.28. The predicted octanol–water partition coefficient (Wildman–Crippen LogP) is 1.90. The van der Waals surface area contributed by atoms with Crippen molar-refractivity contribution < 1.29 is 13.2 Å². The maximum atomic E-state index is 11.4. The van der Waals surface area contributed by atoms with E-state index in [1.807, 2.05) is 0 Å². The molecular formula is C11H15ClN2O3S. The summed E-state index contributed by atoms with van der Waals surface area (Å²) in [5.74, 6) is 0.0637. The van der Waals surface area contributed by atoms with E-state index in [9.17, 15) is 13.2 Å². The fourth-order valence-corrected chi connectivity index (χ4v) is 2.04. The van der Waals surface area contributed by atoms with Crippen LogP contribution in [0.4, 0.5) is 10.5 Å². The number of nitrogens with one attached hydrogen (secondary N) is 2. The van der Waals surface area contributed by atoms with Crippen molar-refractivity contribution in [3.05, 3.63) is 29.3 Å². The van der Waals surface area contributed by atoms with Crippen LogP contribution >= 0.6 is 11.6 Å². The van der Waals surface area contributed by atoms with Crippen molar-refractivity contribution in [2.24, 2.45) is 0 Å². The number of carbonyl (C=O) groups is 1. The van der Waals surface area contributed by atoms with Crippen molar-refractivity contribution in [2.75, 3.05) is 23.9 Å². The summed E-state index contributed by atoms with van der Waals surface area (Å²) in [4.78, 5) is 11.4. The zero-order chi connectivity index (χ0) is 13.6. The lowest BCUT2D eigenvalue weighted by Crippen LogP contribution is -2.30. The fraction of sp³-hybridized carbons (Fsp3) is 0.364. The average molecular weight is 291 g/mol. The van der Waals surface area contributed by atoms with Crippen LogP contribution in [0, 0.1) is 0 Å². The number of anilines is 1. The Kier molecular flexibility index (Phi) is 5.43. The quantitative estimate of drug-likeness (QED) is 0.813. The standard InChI is InChI=1S/C11H15ClN2O3S/c1-18(16,17)8-2-7-13-11(15)14-10-5-3-9(12)4-6-10/h3-6H,2,7-8H2,1H3,(H2,13,14,15). The van der Waals surface area contributed by atoms with Gasteiger partial charge < -0.3 is 10.6 Å². The summed E-state index contributed by atoms with van der Waals surface area (Å²) in [6.07, 6.45) is 1.56. The summed E-state index contributed by atoms with van der Waals surface area (Å²) < 4.78 is 21.7. The molecule has 2 N–H and O–H groups in total. The van der Waals surface area contributed by atoms with Gasteiger partial charge in [-0.3, -0.25) is 0 Å². The Morgan fingerprint density at radius 3 is 2.44 bits per heavy atom. The number of hydrogen-bond donors (Lipinski definition) is 2. The summed E-state index contributed by atoms with van der Waals surface area (Å²) in [6, 6.07) is 6.32. The molecule has 7 heteroatoms. The van der Waals surface area contributed by atoms with E-state index in [-0.39, 0.29) is 11.8 Å². The van der Waals surface area contributed by atoms with Crippen LogP contribution in [0.3, 0.4) is 0 Å². The highest BCUT2D eigenvalue weighted by Crippen LogP contribution is 2.12. The molecule has 0 aliphatic rings. The zero-order valence-electron chi connectivity index (χ0n) is 9.94. The number of amides is 2. The van der Waals surface area contributed by atoms with Crippen molar-refractivity contribution in [3.8, 4) is 0 Å². The molecule has 0 aliphatic carbocycles. The molecule has 0 saturated carbocycles. The van der Waals surface area contributed by atoms with E-state index in [1.54, 1.807) is 24.3 Å². The summed E-state index contributed by atoms with van der Waals surface area (Å²) >= 11 is 5.71. The molecule has 100 valence electrons. The molecule has 0 radical (unpaired) electrons.